The molecule has 1 saturated heterocycles. The molecule has 2 aliphatic rings. The van der Waals surface area contributed by atoms with Crippen LogP contribution in [0.3, 0.4) is 0 Å². The van der Waals surface area contributed by atoms with Crippen LogP contribution in [-0.4, -0.2) is 37.6 Å². The molecule has 0 spiro atoms. The molecule has 1 aliphatic heterocycles. The Labute approximate surface area is 116 Å². The minimum Gasteiger partial charge on any atom is -0.353 e. The van der Waals surface area contributed by atoms with Gasteiger partial charge in [0, 0.05) is 6.42 Å². The summed E-state index contributed by atoms with van der Waals surface area (Å²) in [7, 11) is 0. The van der Waals surface area contributed by atoms with Gasteiger partial charge in [0.15, 0.2) is 5.41 Å². The van der Waals surface area contributed by atoms with Crippen molar-refractivity contribution in [3.8, 4) is 0 Å². The Morgan fingerprint density at radius 3 is 2.14 bits per heavy atom. The van der Waals surface area contributed by atoms with Crippen LogP contribution in [0.15, 0.2) is 0 Å². The van der Waals surface area contributed by atoms with Gasteiger partial charge in [-0.1, -0.05) is 6.92 Å². The van der Waals surface area contributed by atoms with Crippen molar-refractivity contribution in [2.24, 2.45) is 17.3 Å². The predicted octanol–water partition coefficient (Wildman–Crippen LogP) is 3.09. The fraction of sp³-hybridized carbons (Fsp3) is 0.917. The van der Waals surface area contributed by atoms with Crippen LogP contribution in [-0.2, 0) is 14.3 Å². The molecular formula is C12H14F6O3. The number of ether oxygens (including phenoxy) is 2. The third-order valence-electron chi connectivity index (χ3n) is 4.40. The molecule has 0 N–H and O–H groups in total. The monoisotopic (exact) mass is 320 g/mol. The third kappa shape index (κ3) is 2.34. The van der Waals surface area contributed by atoms with Crippen molar-refractivity contribution in [1.82, 2.24) is 0 Å². The van der Waals surface area contributed by atoms with Crippen molar-refractivity contribution in [2.45, 2.75) is 38.2 Å². The average molecular weight is 320 g/mol. The Morgan fingerprint density at radius 1 is 1.14 bits per heavy atom. The first-order valence-electron chi connectivity index (χ1n) is 6.39. The van der Waals surface area contributed by atoms with Crippen molar-refractivity contribution in [1.29, 1.82) is 0 Å². The molecule has 2 fully saturated rings. The van der Waals surface area contributed by atoms with Crippen LogP contribution < -0.4 is 0 Å². The maximum atomic E-state index is 13.5. The topological polar surface area (TPSA) is 35.5 Å². The highest BCUT2D eigenvalue weighted by Crippen LogP contribution is 2.63. The van der Waals surface area contributed by atoms with Gasteiger partial charge in [0.2, 0.25) is 0 Å². The second-order valence-electron chi connectivity index (χ2n) is 5.44. The van der Waals surface area contributed by atoms with Gasteiger partial charge < -0.3 is 9.47 Å². The number of hydrogen-bond acceptors (Lipinski definition) is 3. The van der Waals surface area contributed by atoms with Crippen molar-refractivity contribution in [2.75, 3.05) is 13.4 Å². The van der Waals surface area contributed by atoms with Gasteiger partial charge in [-0.05, 0) is 12.3 Å². The summed E-state index contributed by atoms with van der Waals surface area (Å²) in [6, 6.07) is 0. The molecule has 1 heterocycles. The molecule has 1 aliphatic carbocycles. The molecule has 3 nitrogen and oxygen atoms in total. The largest absolute Gasteiger partial charge is 0.404 e. The Morgan fingerprint density at radius 2 is 1.71 bits per heavy atom. The highest BCUT2D eigenvalue weighted by molar-refractivity contribution is 5.84. The summed E-state index contributed by atoms with van der Waals surface area (Å²) in [4.78, 5) is 11.9. The number of Topliss-reactive ketones (excluding diaryl/α,β-unsaturated/α-hetero) is 1. The molecule has 0 radical (unpaired) electrons. The minimum atomic E-state index is -5.60. The summed E-state index contributed by atoms with van der Waals surface area (Å²) >= 11 is 0. The van der Waals surface area contributed by atoms with Crippen molar-refractivity contribution in [3.63, 3.8) is 0 Å². The first-order valence-corrected chi connectivity index (χ1v) is 6.39. The fourth-order valence-corrected chi connectivity index (χ4v) is 3.42. The minimum absolute atomic E-state index is 0.320. The van der Waals surface area contributed by atoms with E-state index in [-0.39, 0.29) is 6.42 Å². The van der Waals surface area contributed by atoms with E-state index in [1.807, 2.05) is 0 Å². The molecule has 3 unspecified atom stereocenters. The van der Waals surface area contributed by atoms with Crippen LogP contribution in [0, 0.1) is 17.3 Å². The van der Waals surface area contributed by atoms with E-state index in [1.54, 1.807) is 0 Å². The second-order valence-corrected chi connectivity index (χ2v) is 5.44. The summed E-state index contributed by atoms with van der Waals surface area (Å²) < 4.78 is 90.2. The number of alkyl halides is 6. The molecule has 21 heavy (non-hydrogen) atoms. The standard InChI is InChI=1S/C12H14F6O3/c1-6-2-3-7(19)9(8-4-20-5-21-8)10(6,11(13,14)15)12(16,17)18/h6,8-9H,2-5H2,1H3. The zero-order valence-corrected chi connectivity index (χ0v) is 11.1. The van der Waals surface area contributed by atoms with Gasteiger partial charge >= 0.3 is 12.4 Å². The Kier molecular flexibility index (Phi) is 4.03. The lowest BCUT2D eigenvalue weighted by Crippen LogP contribution is -2.65. The lowest BCUT2D eigenvalue weighted by molar-refractivity contribution is -0.380. The van der Waals surface area contributed by atoms with E-state index in [0.717, 1.165) is 6.92 Å². The van der Waals surface area contributed by atoms with Crippen LogP contribution >= 0.6 is 0 Å². The van der Waals surface area contributed by atoms with Gasteiger partial charge in [-0.25, -0.2) is 0 Å². The zero-order chi connectivity index (χ0) is 16.1. The summed E-state index contributed by atoms with van der Waals surface area (Å²) in [5.74, 6) is -5.15. The van der Waals surface area contributed by atoms with Gasteiger partial charge in [0.05, 0.1) is 18.6 Å². The lowest BCUT2D eigenvalue weighted by atomic mass is 9.57. The molecule has 9 heteroatoms. The fourth-order valence-electron chi connectivity index (χ4n) is 3.42. The number of rotatable bonds is 1. The van der Waals surface area contributed by atoms with E-state index in [4.69, 9.17) is 9.47 Å². The van der Waals surface area contributed by atoms with E-state index < -0.39 is 61.3 Å². The van der Waals surface area contributed by atoms with Gasteiger partial charge in [-0.3, -0.25) is 4.79 Å². The van der Waals surface area contributed by atoms with Crippen molar-refractivity contribution >= 4 is 5.78 Å². The third-order valence-corrected chi connectivity index (χ3v) is 4.40. The Hall–Kier alpha value is -0.830. The number of ketones is 1. The summed E-state index contributed by atoms with van der Waals surface area (Å²) in [6.45, 7) is 0.0296. The number of hydrogen-bond donors (Lipinski definition) is 0. The second kappa shape index (κ2) is 5.12. The highest BCUT2D eigenvalue weighted by atomic mass is 19.4. The van der Waals surface area contributed by atoms with Crippen LogP contribution in [0.5, 0.6) is 0 Å². The number of carbonyl (C=O) groups excluding carboxylic acids is 1. The first-order chi connectivity index (χ1) is 9.53. The normalized spacial score (nSPS) is 34.2. The number of carbonyl (C=O) groups is 1. The maximum absolute atomic E-state index is 13.5. The molecule has 0 aromatic carbocycles. The molecule has 0 amide bonds. The Bertz CT molecular complexity index is 396. The molecule has 1 saturated carbocycles. The van der Waals surface area contributed by atoms with Gasteiger partial charge in [-0.15, -0.1) is 0 Å². The Balaban J connectivity index is 2.61. The molecule has 2 rings (SSSR count). The van der Waals surface area contributed by atoms with E-state index in [0.29, 0.717) is 0 Å². The summed E-state index contributed by atoms with van der Waals surface area (Å²) in [6.07, 6.45) is -13.5. The average Bonchev–Trinajstić information content (AvgIpc) is 2.81. The lowest BCUT2D eigenvalue weighted by Gasteiger charge is -2.50. The zero-order valence-electron chi connectivity index (χ0n) is 11.1. The van der Waals surface area contributed by atoms with E-state index in [1.165, 1.54) is 0 Å². The molecular weight excluding hydrogens is 306 g/mol. The number of halogens is 6. The molecule has 0 aromatic rings. The smallest absolute Gasteiger partial charge is 0.353 e. The van der Waals surface area contributed by atoms with Gasteiger partial charge in [0.25, 0.3) is 0 Å². The van der Waals surface area contributed by atoms with E-state index >= 15 is 0 Å². The first kappa shape index (κ1) is 16.5. The SMILES string of the molecule is CC1CCC(=O)C(C2COCO2)C1(C(F)(F)F)C(F)(F)F. The van der Waals surface area contributed by atoms with E-state index in [9.17, 15) is 31.1 Å². The van der Waals surface area contributed by atoms with E-state index in [2.05, 4.69) is 0 Å². The molecule has 122 valence electrons. The summed E-state index contributed by atoms with van der Waals surface area (Å²) in [5.41, 5.74) is -4.09. The van der Waals surface area contributed by atoms with Crippen LogP contribution in [0.25, 0.3) is 0 Å². The van der Waals surface area contributed by atoms with Crippen LogP contribution in [0.2, 0.25) is 0 Å². The van der Waals surface area contributed by atoms with Crippen LogP contribution in [0.4, 0.5) is 26.3 Å². The quantitative estimate of drug-likeness (QED) is 0.697. The van der Waals surface area contributed by atoms with Crippen molar-refractivity contribution in [3.05, 3.63) is 0 Å². The van der Waals surface area contributed by atoms with Crippen LogP contribution in [0.1, 0.15) is 19.8 Å². The predicted molar refractivity (Wildman–Crippen MR) is 57.1 cm³/mol. The maximum Gasteiger partial charge on any atom is 0.404 e. The summed E-state index contributed by atoms with van der Waals surface area (Å²) in [5, 5.41) is 0. The molecule has 0 aromatic heterocycles. The highest BCUT2D eigenvalue weighted by Gasteiger charge is 2.79. The van der Waals surface area contributed by atoms with Gasteiger partial charge in [0.1, 0.15) is 12.6 Å². The van der Waals surface area contributed by atoms with Gasteiger partial charge in [-0.2, -0.15) is 26.3 Å². The molecule has 0 bridgehead atoms. The van der Waals surface area contributed by atoms with Crippen molar-refractivity contribution < 1.29 is 40.6 Å². The molecule has 3 atom stereocenters.